The molecule has 2 aromatic heterocycles. The Morgan fingerprint density at radius 2 is 2.35 bits per heavy atom. The van der Waals surface area contributed by atoms with Gasteiger partial charge < -0.3 is 11.1 Å². The van der Waals surface area contributed by atoms with Crippen LogP contribution in [0.5, 0.6) is 0 Å². The Labute approximate surface area is 106 Å². The van der Waals surface area contributed by atoms with Gasteiger partial charge in [0.15, 0.2) is 0 Å². The van der Waals surface area contributed by atoms with E-state index >= 15 is 0 Å². The lowest BCUT2D eigenvalue weighted by Gasteiger charge is -2.08. The SMILES string of the molecule is C#CCNc1nc(-n2cncn2)nc(N)c1Br. The molecule has 2 rings (SSSR count). The molecule has 0 spiro atoms. The Morgan fingerprint density at radius 1 is 1.53 bits per heavy atom. The number of rotatable bonds is 3. The quantitative estimate of drug-likeness (QED) is 0.798. The van der Waals surface area contributed by atoms with Crippen molar-refractivity contribution in [2.45, 2.75) is 0 Å². The van der Waals surface area contributed by atoms with Crippen LogP contribution in [0.4, 0.5) is 11.6 Å². The van der Waals surface area contributed by atoms with E-state index in [2.05, 4.69) is 47.2 Å². The third-order valence-corrected chi connectivity index (χ3v) is 2.63. The van der Waals surface area contributed by atoms with Crippen molar-refractivity contribution in [2.75, 3.05) is 17.6 Å². The number of aromatic nitrogens is 5. The number of hydrogen-bond acceptors (Lipinski definition) is 6. The molecule has 3 N–H and O–H groups in total. The molecular formula is C9H8BrN7. The summed E-state index contributed by atoms with van der Waals surface area (Å²) in [6.45, 7) is 0.339. The van der Waals surface area contributed by atoms with Crippen molar-refractivity contribution in [2.24, 2.45) is 0 Å². The van der Waals surface area contributed by atoms with E-state index in [4.69, 9.17) is 12.2 Å². The summed E-state index contributed by atoms with van der Waals surface area (Å²) in [5, 5.41) is 6.85. The number of nitrogens with zero attached hydrogens (tertiary/aromatic N) is 5. The number of nitrogens with two attached hydrogens (primary N) is 1. The Bertz CT molecular complexity index is 557. The molecule has 0 aliphatic carbocycles. The van der Waals surface area contributed by atoms with Crippen LogP contribution >= 0.6 is 15.9 Å². The van der Waals surface area contributed by atoms with Crippen molar-refractivity contribution in [3.05, 3.63) is 17.1 Å². The topological polar surface area (TPSA) is 94.5 Å². The maximum atomic E-state index is 5.75. The zero-order valence-corrected chi connectivity index (χ0v) is 10.2. The van der Waals surface area contributed by atoms with E-state index in [1.165, 1.54) is 17.3 Å². The summed E-state index contributed by atoms with van der Waals surface area (Å²) >= 11 is 3.28. The minimum absolute atomic E-state index is 0.296. The van der Waals surface area contributed by atoms with Crippen LogP contribution in [0.25, 0.3) is 5.95 Å². The highest BCUT2D eigenvalue weighted by Crippen LogP contribution is 2.25. The van der Waals surface area contributed by atoms with Crippen LogP contribution in [-0.2, 0) is 0 Å². The van der Waals surface area contributed by atoms with Crippen molar-refractivity contribution < 1.29 is 0 Å². The van der Waals surface area contributed by atoms with Crippen LogP contribution in [0, 0.1) is 12.3 Å². The molecule has 0 bridgehead atoms. The second-order valence-corrected chi connectivity index (χ2v) is 3.76. The highest BCUT2D eigenvalue weighted by atomic mass is 79.9. The highest BCUT2D eigenvalue weighted by Gasteiger charge is 2.11. The molecule has 0 saturated carbocycles. The van der Waals surface area contributed by atoms with E-state index in [9.17, 15) is 0 Å². The lowest BCUT2D eigenvalue weighted by atomic mass is 10.5. The summed E-state index contributed by atoms with van der Waals surface area (Å²) in [7, 11) is 0. The van der Waals surface area contributed by atoms with Crippen LogP contribution in [0.15, 0.2) is 17.1 Å². The van der Waals surface area contributed by atoms with Crippen molar-refractivity contribution in [3.8, 4) is 18.3 Å². The van der Waals surface area contributed by atoms with Crippen LogP contribution in [0.1, 0.15) is 0 Å². The first-order valence-corrected chi connectivity index (χ1v) is 5.37. The third-order valence-electron chi connectivity index (χ3n) is 1.85. The fourth-order valence-electron chi connectivity index (χ4n) is 1.12. The van der Waals surface area contributed by atoms with Crippen molar-refractivity contribution >= 4 is 27.6 Å². The number of halogens is 1. The van der Waals surface area contributed by atoms with Gasteiger partial charge in [-0.2, -0.15) is 19.7 Å². The molecule has 7 nitrogen and oxygen atoms in total. The standard InChI is InChI=1S/C9H8BrN7/c1-2-3-13-8-6(10)7(11)15-9(16-8)17-5-12-4-14-17/h1,4-5H,3H2,(H3,11,13,15,16). The van der Waals surface area contributed by atoms with Gasteiger partial charge >= 0.3 is 0 Å². The summed E-state index contributed by atoms with van der Waals surface area (Å²) in [4.78, 5) is 12.1. The second-order valence-electron chi connectivity index (χ2n) is 2.97. The number of hydrogen-bond donors (Lipinski definition) is 2. The van der Waals surface area contributed by atoms with E-state index in [0.717, 1.165) is 0 Å². The average molecular weight is 294 g/mol. The molecule has 17 heavy (non-hydrogen) atoms. The molecule has 0 radical (unpaired) electrons. The maximum Gasteiger partial charge on any atom is 0.256 e. The van der Waals surface area contributed by atoms with Gasteiger partial charge in [0.25, 0.3) is 5.95 Å². The Morgan fingerprint density at radius 3 is 3.00 bits per heavy atom. The first-order chi connectivity index (χ1) is 8.22. The lowest BCUT2D eigenvalue weighted by Crippen LogP contribution is -2.10. The lowest BCUT2D eigenvalue weighted by molar-refractivity contribution is 0.808. The molecule has 0 aliphatic rings. The summed E-state index contributed by atoms with van der Waals surface area (Å²) in [5.74, 6) is 3.58. The van der Waals surface area contributed by atoms with Crippen LogP contribution < -0.4 is 11.1 Å². The summed E-state index contributed by atoms with van der Waals surface area (Å²) < 4.78 is 1.97. The molecule has 0 aliphatic heterocycles. The molecule has 0 amide bonds. The van der Waals surface area contributed by atoms with Crippen molar-refractivity contribution in [3.63, 3.8) is 0 Å². The predicted molar refractivity (Wildman–Crippen MR) is 66.4 cm³/mol. The molecule has 86 valence electrons. The van der Waals surface area contributed by atoms with Gasteiger partial charge in [-0.05, 0) is 15.9 Å². The second kappa shape index (κ2) is 4.80. The molecular weight excluding hydrogens is 286 g/mol. The molecule has 0 fully saturated rings. The van der Waals surface area contributed by atoms with Crippen LogP contribution in [-0.4, -0.2) is 31.3 Å². The van der Waals surface area contributed by atoms with E-state index in [1.54, 1.807) is 0 Å². The van der Waals surface area contributed by atoms with Gasteiger partial charge in [-0.3, -0.25) is 0 Å². The molecule has 2 aromatic rings. The van der Waals surface area contributed by atoms with E-state index in [0.29, 0.717) is 28.6 Å². The normalized spacial score (nSPS) is 9.88. The summed E-state index contributed by atoms with van der Waals surface area (Å²) in [6, 6.07) is 0. The zero-order valence-electron chi connectivity index (χ0n) is 8.63. The maximum absolute atomic E-state index is 5.75. The molecule has 2 heterocycles. The van der Waals surface area contributed by atoms with Gasteiger partial charge in [0.1, 0.15) is 28.8 Å². The summed E-state index contributed by atoms with van der Waals surface area (Å²) in [5.41, 5.74) is 5.75. The van der Waals surface area contributed by atoms with Crippen LogP contribution in [0.3, 0.4) is 0 Å². The van der Waals surface area contributed by atoms with Gasteiger partial charge in [-0.1, -0.05) is 5.92 Å². The van der Waals surface area contributed by atoms with Crippen LogP contribution in [0.2, 0.25) is 0 Å². The monoisotopic (exact) mass is 293 g/mol. The fourth-order valence-corrected chi connectivity index (χ4v) is 1.44. The number of nitrogens with one attached hydrogen (secondary N) is 1. The number of anilines is 2. The Kier molecular flexibility index (Phi) is 3.20. The van der Waals surface area contributed by atoms with Gasteiger partial charge in [0, 0.05) is 0 Å². The number of nitrogen functional groups attached to an aromatic ring is 1. The molecule has 8 heteroatoms. The zero-order chi connectivity index (χ0) is 12.3. The first kappa shape index (κ1) is 11.3. The van der Waals surface area contributed by atoms with Crippen molar-refractivity contribution in [1.82, 2.24) is 24.7 Å². The van der Waals surface area contributed by atoms with Gasteiger partial charge in [-0.15, -0.1) is 6.42 Å². The smallest absolute Gasteiger partial charge is 0.256 e. The number of terminal acetylenes is 1. The molecule has 0 saturated heterocycles. The highest BCUT2D eigenvalue weighted by molar-refractivity contribution is 9.10. The van der Waals surface area contributed by atoms with E-state index < -0.39 is 0 Å². The average Bonchev–Trinajstić information content (AvgIpc) is 2.84. The van der Waals surface area contributed by atoms with E-state index in [-0.39, 0.29) is 0 Å². The van der Waals surface area contributed by atoms with Gasteiger partial charge in [-0.25, -0.2) is 4.98 Å². The largest absolute Gasteiger partial charge is 0.383 e. The first-order valence-electron chi connectivity index (χ1n) is 4.57. The minimum atomic E-state index is 0.296. The van der Waals surface area contributed by atoms with E-state index in [1.807, 2.05) is 0 Å². The predicted octanol–water partition coefficient (Wildman–Crippen LogP) is 0.447. The van der Waals surface area contributed by atoms with Gasteiger partial charge in [0.05, 0.1) is 6.54 Å². The minimum Gasteiger partial charge on any atom is -0.383 e. The fraction of sp³-hybridized carbons (Fsp3) is 0.111. The summed E-state index contributed by atoms with van der Waals surface area (Å²) in [6.07, 6.45) is 8.03. The third kappa shape index (κ3) is 2.34. The Hall–Kier alpha value is -2.14. The molecule has 0 aromatic carbocycles. The van der Waals surface area contributed by atoms with Crippen molar-refractivity contribution in [1.29, 1.82) is 0 Å². The molecule has 0 unspecified atom stereocenters. The molecule has 0 atom stereocenters. The Balaban J connectivity index is 2.43. The van der Waals surface area contributed by atoms with Gasteiger partial charge in [0.2, 0.25) is 0 Å².